The SMILES string of the molecule is CC(C)C(NC(=O)C(N)CO)C(=O)NC(CCCN=C(N)N)C(=O)NC(CCC(=O)O)C(=O)O. The van der Waals surface area contributed by atoms with Gasteiger partial charge in [0.2, 0.25) is 17.7 Å². The fourth-order valence-electron chi connectivity index (χ4n) is 2.71. The van der Waals surface area contributed by atoms with Crippen molar-refractivity contribution in [2.75, 3.05) is 13.2 Å². The summed E-state index contributed by atoms with van der Waals surface area (Å²) < 4.78 is 0. The Morgan fingerprint density at radius 2 is 1.47 bits per heavy atom. The fourth-order valence-corrected chi connectivity index (χ4v) is 2.71. The first kappa shape index (κ1) is 30.5. The lowest BCUT2D eigenvalue weighted by molar-refractivity contribution is -0.143. The number of hydrogen-bond donors (Lipinski definition) is 9. The molecule has 0 aromatic rings. The van der Waals surface area contributed by atoms with Crippen molar-refractivity contribution in [3.63, 3.8) is 0 Å². The van der Waals surface area contributed by atoms with Crippen molar-refractivity contribution in [2.24, 2.45) is 28.1 Å². The summed E-state index contributed by atoms with van der Waals surface area (Å²) in [5.74, 6) is -5.66. The maximum absolute atomic E-state index is 12.9. The number of nitrogens with one attached hydrogen (secondary N) is 3. The second kappa shape index (κ2) is 15.4. The second-order valence-corrected chi connectivity index (χ2v) is 7.86. The third kappa shape index (κ3) is 12.0. The van der Waals surface area contributed by atoms with Crippen LogP contribution >= 0.6 is 0 Å². The van der Waals surface area contributed by atoms with Crippen molar-refractivity contribution in [1.29, 1.82) is 0 Å². The van der Waals surface area contributed by atoms with Crippen molar-refractivity contribution in [3.8, 4) is 0 Å². The van der Waals surface area contributed by atoms with Gasteiger partial charge in [0.25, 0.3) is 0 Å². The van der Waals surface area contributed by atoms with E-state index in [2.05, 4.69) is 20.9 Å². The lowest BCUT2D eigenvalue weighted by Gasteiger charge is -2.26. The quantitative estimate of drug-likeness (QED) is 0.0580. The van der Waals surface area contributed by atoms with Crippen molar-refractivity contribution < 1.29 is 39.3 Å². The van der Waals surface area contributed by atoms with Crippen LogP contribution in [0.25, 0.3) is 0 Å². The summed E-state index contributed by atoms with van der Waals surface area (Å²) in [5.41, 5.74) is 16.0. The van der Waals surface area contributed by atoms with Gasteiger partial charge in [0.05, 0.1) is 6.61 Å². The third-order valence-corrected chi connectivity index (χ3v) is 4.62. The number of guanidine groups is 1. The lowest BCUT2D eigenvalue weighted by Crippen LogP contribution is -2.58. The molecule has 0 aliphatic rings. The normalized spacial score (nSPS) is 14.3. The van der Waals surface area contributed by atoms with Gasteiger partial charge in [-0.15, -0.1) is 0 Å². The summed E-state index contributed by atoms with van der Waals surface area (Å²) in [4.78, 5) is 63.6. The van der Waals surface area contributed by atoms with E-state index in [0.717, 1.165) is 0 Å². The Bertz CT molecular complexity index is 755. The van der Waals surface area contributed by atoms with Gasteiger partial charge in [0.15, 0.2) is 5.96 Å². The molecule has 0 rings (SSSR count). The van der Waals surface area contributed by atoms with Crippen molar-refractivity contribution >= 4 is 35.6 Å². The minimum Gasteiger partial charge on any atom is -0.481 e. The molecule has 4 atom stereocenters. The van der Waals surface area contributed by atoms with Crippen molar-refractivity contribution in [3.05, 3.63) is 0 Å². The Labute approximate surface area is 196 Å². The van der Waals surface area contributed by atoms with Gasteiger partial charge in [-0.05, 0) is 25.2 Å². The van der Waals surface area contributed by atoms with E-state index in [0.29, 0.717) is 0 Å². The molecule has 15 nitrogen and oxygen atoms in total. The van der Waals surface area contributed by atoms with Gasteiger partial charge in [-0.25, -0.2) is 4.79 Å². The number of nitrogens with zero attached hydrogens (tertiary/aromatic N) is 1. The minimum absolute atomic E-state index is 0.00847. The van der Waals surface area contributed by atoms with Crippen molar-refractivity contribution in [1.82, 2.24) is 16.0 Å². The Balaban J connectivity index is 5.54. The van der Waals surface area contributed by atoms with Gasteiger partial charge in [-0.1, -0.05) is 13.8 Å². The number of carboxylic acid groups (broad SMARTS) is 2. The van der Waals surface area contributed by atoms with E-state index in [-0.39, 0.29) is 31.8 Å². The molecule has 0 spiro atoms. The molecule has 0 bridgehead atoms. The number of carboxylic acids is 2. The summed E-state index contributed by atoms with van der Waals surface area (Å²) in [6.07, 6.45) is -0.619. The monoisotopic (exact) mass is 489 g/mol. The molecule has 0 aromatic heterocycles. The highest BCUT2D eigenvalue weighted by Gasteiger charge is 2.31. The van der Waals surface area contributed by atoms with Gasteiger partial charge in [-0.3, -0.25) is 24.2 Å². The molecule has 15 heteroatoms. The van der Waals surface area contributed by atoms with Gasteiger partial charge >= 0.3 is 11.9 Å². The predicted octanol–water partition coefficient (Wildman–Crippen LogP) is -3.58. The van der Waals surface area contributed by atoms with E-state index in [1.165, 1.54) is 0 Å². The summed E-state index contributed by atoms with van der Waals surface area (Å²) in [7, 11) is 0. The number of carbonyl (C=O) groups excluding carboxylic acids is 3. The van der Waals surface area contributed by atoms with E-state index in [4.69, 9.17) is 27.4 Å². The molecule has 0 radical (unpaired) electrons. The zero-order chi connectivity index (χ0) is 26.4. The molecule has 0 saturated heterocycles. The number of aliphatic carboxylic acids is 2. The molecule has 34 heavy (non-hydrogen) atoms. The number of nitrogens with two attached hydrogens (primary N) is 3. The zero-order valence-corrected chi connectivity index (χ0v) is 19.2. The maximum atomic E-state index is 12.9. The first-order chi connectivity index (χ1) is 15.8. The van der Waals surface area contributed by atoms with Crippen LogP contribution in [-0.2, 0) is 24.0 Å². The molecule has 194 valence electrons. The van der Waals surface area contributed by atoms with Crippen molar-refractivity contribution in [2.45, 2.75) is 63.7 Å². The Kier molecular flexibility index (Phi) is 13.8. The maximum Gasteiger partial charge on any atom is 0.326 e. The smallest absolute Gasteiger partial charge is 0.326 e. The van der Waals surface area contributed by atoms with E-state index >= 15 is 0 Å². The molecule has 0 saturated carbocycles. The average molecular weight is 490 g/mol. The molecular formula is C19H35N7O8. The number of amides is 3. The van der Waals surface area contributed by atoms with Crippen LogP contribution < -0.4 is 33.2 Å². The zero-order valence-electron chi connectivity index (χ0n) is 19.2. The number of aliphatic imine (C=N–C) groups is 1. The molecule has 0 fully saturated rings. The van der Waals surface area contributed by atoms with E-state index in [1.54, 1.807) is 13.8 Å². The molecule has 3 amide bonds. The number of carbonyl (C=O) groups is 5. The molecular weight excluding hydrogens is 454 g/mol. The number of aliphatic hydroxyl groups is 1. The van der Waals surface area contributed by atoms with Crippen LogP contribution in [0.4, 0.5) is 0 Å². The lowest BCUT2D eigenvalue weighted by atomic mass is 10.0. The first-order valence-corrected chi connectivity index (χ1v) is 10.6. The van der Waals surface area contributed by atoms with Gasteiger partial charge in [-0.2, -0.15) is 0 Å². The minimum atomic E-state index is -1.50. The number of aliphatic hydroxyl groups excluding tert-OH is 1. The molecule has 12 N–H and O–H groups in total. The van der Waals surface area contributed by atoms with Crippen LogP contribution in [0, 0.1) is 5.92 Å². The van der Waals surface area contributed by atoms with Gasteiger partial charge in [0.1, 0.15) is 24.2 Å². The Morgan fingerprint density at radius 1 is 0.882 bits per heavy atom. The van der Waals surface area contributed by atoms with Crippen LogP contribution in [0.5, 0.6) is 0 Å². The Morgan fingerprint density at radius 3 is 1.94 bits per heavy atom. The number of hydrogen-bond acceptors (Lipinski definition) is 8. The highest BCUT2D eigenvalue weighted by atomic mass is 16.4. The summed E-state index contributed by atoms with van der Waals surface area (Å²) in [5, 5.41) is 34.2. The van der Waals surface area contributed by atoms with E-state index in [9.17, 15) is 29.1 Å². The molecule has 0 aliphatic carbocycles. The van der Waals surface area contributed by atoms with Crippen LogP contribution in [-0.4, -0.2) is 88.3 Å². The molecule has 0 aromatic carbocycles. The molecule has 0 aliphatic heterocycles. The molecule has 0 heterocycles. The third-order valence-electron chi connectivity index (χ3n) is 4.62. The second-order valence-electron chi connectivity index (χ2n) is 7.86. The first-order valence-electron chi connectivity index (χ1n) is 10.6. The predicted molar refractivity (Wildman–Crippen MR) is 120 cm³/mol. The standard InChI is InChI=1S/C19H35N7O8/c1-9(2)14(26-15(30)10(20)8-27)17(32)24-11(4-3-7-23-19(21)22)16(31)25-12(18(33)34)5-6-13(28)29/h9-12,14,27H,3-8,20H2,1-2H3,(H,24,32)(H,25,31)(H,26,30)(H,28,29)(H,33,34)(H4,21,22,23). The molecule has 4 unspecified atom stereocenters. The van der Waals surface area contributed by atoms with Crippen LogP contribution in [0.2, 0.25) is 0 Å². The van der Waals surface area contributed by atoms with E-state index in [1.807, 2.05) is 0 Å². The topological polar surface area (TPSA) is 273 Å². The van der Waals surface area contributed by atoms with Gasteiger partial charge in [0, 0.05) is 13.0 Å². The van der Waals surface area contributed by atoms with E-state index < -0.39 is 72.8 Å². The van der Waals surface area contributed by atoms with Gasteiger partial charge < -0.3 is 48.5 Å². The van der Waals surface area contributed by atoms with Crippen LogP contribution in [0.1, 0.15) is 39.5 Å². The summed E-state index contributed by atoms with van der Waals surface area (Å²) in [6.45, 7) is 2.75. The summed E-state index contributed by atoms with van der Waals surface area (Å²) >= 11 is 0. The highest BCUT2D eigenvalue weighted by molar-refractivity contribution is 5.94. The fraction of sp³-hybridized carbons (Fsp3) is 0.684. The van der Waals surface area contributed by atoms with Crippen LogP contribution in [0.3, 0.4) is 0 Å². The number of rotatable bonds is 16. The Hall–Kier alpha value is -3.46. The highest BCUT2D eigenvalue weighted by Crippen LogP contribution is 2.07. The largest absolute Gasteiger partial charge is 0.481 e. The van der Waals surface area contributed by atoms with Crippen LogP contribution in [0.15, 0.2) is 4.99 Å². The average Bonchev–Trinajstić information content (AvgIpc) is 2.74. The summed E-state index contributed by atoms with van der Waals surface area (Å²) in [6, 6.07) is -5.10.